The third-order valence-corrected chi connectivity index (χ3v) is 3.14. The van der Waals surface area contributed by atoms with E-state index in [2.05, 4.69) is 10.1 Å². The fourth-order valence-electron chi connectivity index (χ4n) is 2.36. The highest BCUT2D eigenvalue weighted by Crippen LogP contribution is 2.28. The van der Waals surface area contributed by atoms with Gasteiger partial charge in [-0.3, -0.25) is 0 Å². The molecule has 4 heteroatoms. The molecule has 0 saturated heterocycles. The van der Waals surface area contributed by atoms with Gasteiger partial charge in [-0.05, 0) is 36.6 Å². The van der Waals surface area contributed by atoms with Crippen LogP contribution in [0.3, 0.4) is 0 Å². The van der Waals surface area contributed by atoms with E-state index >= 15 is 0 Å². The molecule has 3 nitrogen and oxygen atoms in total. The number of hydrogen-bond donors (Lipinski definition) is 2. The van der Waals surface area contributed by atoms with Gasteiger partial charge in [-0.15, -0.1) is 0 Å². The first-order chi connectivity index (χ1) is 7.78. The molecular weight excluding hydrogens is 207 g/mol. The Balaban J connectivity index is 2.20. The molecule has 0 atom stereocenters. The molecule has 0 fully saturated rings. The number of aryl methyl sites for hydroxylation is 1. The van der Waals surface area contributed by atoms with Crippen LogP contribution in [0.2, 0.25) is 0 Å². The summed E-state index contributed by atoms with van der Waals surface area (Å²) in [4.78, 5) is 3.25. The number of fused-ring (bicyclic) bond motifs is 3. The topological polar surface area (TPSA) is 48.4 Å². The van der Waals surface area contributed by atoms with Crippen LogP contribution in [-0.4, -0.2) is 15.9 Å². The Morgan fingerprint density at radius 1 is 1.31 bits per heavy atom. The van der Waals surface area contributed by atoms with Crippen molar-refractivity contribution in [2.24, 2.45) is 5.16 Å². The van der Waals surface area contributed by atoms with Crippen LogP contribution >= 0.6 is 0 Å². The van der Waals surface area contributed by atoms with Gasteiger partial charge in [0.1, 0.15) is 5.82 Å². The highest BCUT2D eigenvalue weighted by molar-refractivity contribution is 5.93. The van der Waals surface area contributed by atoms with Gasteiger partial charge < -0.3 is 10.2 Å². The third kappa shape index (κ3) is 1.30. The van der Waals surface area contributed by atoms with Gasteiger partial charge in [-0.25, -0.2) is 4.39 Å². The van der Waals surface area contributed by atoms with Crippen molar-refractivity contribution in [2.75, 3.05) is 0 Å². The number of aromatic nitrogens is 1. The van der Waals surface area contributed by atoms with Crippen LogP contribution in [-0.2, 0) is 12.8 Å². The van der Waals surface area contributed by atoms with Crippen molar-refractivity contribution in [2.45, 2.75) is 19.3 Å². The monoisotopic (exact) mass is 218 g/mol. The number of nitrogens with zero attached hydrogens (tertiary/aromatic N) is 1. The minimum absolute atomic E-state index is 0.212. The van der Waals surface area contributed by atoms with E-state index in [1.807, 2.05) is 0 Å². The van der Waals surface area contributed by atoms with Gasteiger partial charge in [-0.1, -0.05) is 5.16 Å². The quantitative estimate of drug-likeness (QED) is 0.518. The number of oxime groups is 1. The maximum atomic E-state index is 13.1. The number of aromatic amines is 1. The summed E-state index contributed by atoms with van der Waals surface area (Å²) in [7, 11) is 0. The van der Waals surface area contributed by atoms with E-state index in [1.54, 1.807) is 12.1 Å². The van der Waals surface area contributed by atoms with E-state index in [0.29, 0.717) is 6.42 Å². The maximum Gasteiger partial charge on any atom is 0.123 e. The third-order valence-electron chi connectivity index (χ3n) is 3.14. The Labute approximate surface area is 91.6 Å². The zero-order valence-corrected chi connectivity index (χ0v) is 8.63. The molecule has 2 aromatic rings. The lowest BCUT2D eigenvalue weighted by atomic mass is 9.94. The smallest absolute Gasteiger partial charge is 0.123 e. The number of benzene rings is 1. The van der Waals surface area contributed by atoms with Crippen LogP contribution < -0.4 is 0 Å². The van der Waals surface area contributed by atoms with E-state index in [1.165, 1.54) is 6.07 Å². The lowest BCUT2D eigenvalue weighted by Gasteiger charge is -2.12. The Morgan fingerprint density at radius 2 is 2.19 bits per heavy atom. The molecule has 16 heavy (non-hydrogen) atoms. The first-order valence-corrected chi connectivity index (χ1v) is 5.26. The van der Waals surface area contributed by atoms with Crippen molar-refractivity contribution in [1.29, 1.82) is 0 Å². The van der Waals surface area contributed by atoms with Crippen LogP contribution in [0.4, 0.5) is 4.39 Å². The molecule has 0 saturated carbocycles. The maximum absolute atomic E-state index is 13.1. The predicted molar refractivity (Wildman–Crippen MR) is 59.5 cm³/mol. The predicted octanol–water partition coefficient (Wildman–Crippen LogP) is 2.63. The molecule has 1 heterocycles. The van der Waals surface area contributed by atoms with Gasteiger partial charge in [0.05, 0.1) is 5.71 Å². The average Bonchev–Trinajstić information content (AvgIpc) is 2.66. The normalized spacial score (nSPS) is 17.9. The number of halogens is 1. The van der Waals surface area contributed by atoms with E-state index < -0.39 is 0 Å². The minimum atomic E-state index is -0.212. The second-order valence-electron chi connectivity index (χ2n) is 4.12. The first-order valence-electron chi connectivity index (χ1n) is 5.26. The summed E-state index contributed by atoms with van der Waals surface area (Å²) in [6.45, 7) is 0. The molecule has 0 radical (unpaired) electrons. The molecular formula is C12H11FN2O. The van der Waals surface area contributed by atoms with E-state index in [9.17, 15) is 4.39 Å². The fourth-order valence-corrected chi connectivity index (χ4v) is 2.36. The van der Waals surface area contributed by atoms with Gasteiger partial charge in [0.2, 0.25) is 0 Å². The summed E-state index contributed by atoms with van der Waals surface area (Å²) >= 11 is 0. The Bertz CT molecular complexity index is 586. The Hall–Kier alpha value is -1.84. The van der Waals surface area contributed by atoms with Gasteiger partial charge in [0, 0.05) is 23.0 Å². The molecule has 82 valence electrons. The molecule has 0 bridgehead atoms. The number of rotatable bonds is 0. The summed E-state index contributed by atoms with van der Waals surface area (Å²) in [6.07, 6.45) is 2.17. The average molecular weight is 218 g/mol. The van der Waals surface area contributed by atoms with Crippen LogP contribution in [0.5, 0.6) is 0 Å². The molecule has 0 aliphatic heterocycles. The first kappa shape index (κ1) is 9.39. The van der Waals surface area contributed by atoms with Crippen molar-refractivity contribution in [3.63, 3.8) is 0 Å². The Kier molecular flexibility index (Phi) is 1.96. The Morgan fingerprint density at radius 3 is 3.00 bits per heavy atom. The SMILES string of the molecule is O/N=C1\CCc2c([nH]c3ccc(F)cc23)C1. The molecule has 1 aliphatic carbocycles. The zero-order chi connectivity index (χ0) is 11.1. The summed E-state index contributed by atoms with van der Waals surface area (Å²) < 4.78 is 13.1. The minimum Gasteiger partial charge on any atom is -0.411 e. The zero-order valence-electron chi connectivity index (χ0n) is 8.63. The van der Waals surface area contributed by atoms with E-state index in [0.717, 1.165) is 40.7 Å². The highest BCUT2D eigenvalue weighted by Gasteiger charge is 2.19. The van der Waals surface area contributed by atoms with Crippen LogP contribution in [0.25, 0.3) is 10.9 Å². The van der Waals surface area contributed by atoms with Crippen molar-refractivity contribution in [1.82, 2.24) is 4.98 Å². The van der Waals surface area contributed by atoms with Crippen molar-refractivity contribution in [3.8, 4) is 0 Å². The van der Waals surface area contributed by atoms with Crippen molar-refractivity contribution >= 4 is 16.6 Å². The lowest BCUT2D eigenvalue weighted by Crippen LogP contribution is -2.12. The molecule has 1 aromatic carbocycles. The fraction of sp³-hybridized carbons (Fsp3) is 0.250. The molecule has 0 amide bonds. The molecule has 0 spiro atoms. The molecule has 2 N–H and O–H groups in total. The van der Waals surface area contributed by atoms with Crippen molar-refractivity contribution < 1.29 is 9.60 Å². The highest BCUT2D eigenvalue weighted by atomic mass is 19.1. The summed E-state index contributed by atoms with van der Waals surface area (Å²) in [5, 5.41) is 13.0. The number of hydrogen-bond acceptors (Lipinski definition) is 2. The summed E-state index contributed by atoms with van der Waals surface area (Å²) in [6, 6.07) is 4.76. The van der Waals surface area contributed by atoms with Gasteiger partial charge in [-0.2, -0.15) is 0 Å². The van der Waals surface area contributed by atoms with E-state index in [-0.39, 0.29) is 5.82 Å². The summed E-state index contributed by atoms with van der Waals surface area (Å²) in [5.41, 5.74) is 3.92. The second-order valence-corrected chi connectivity index (χ2v) is 4.12. The van der Waals surface area contributed by atoms with Crippen LogP contribution in [0.15, 0.2) is 23.4 Å². The van der Waals surface area contributed by atoms with Gasteiger partial charge in [0.15, 0.2) is 0 Å². The molecule has 3 rings (SSSR count). The second kappa shape index (κ2) is 3.33. The summed E-state index contributed by atoms with van der Waals surface area (Å²) in [5.74, 6) is -0.212. The number of H-pyrrole nitrogens is 1. The molecule has 1 aliphatic rings. The lowest BCUT2D eigenvalue weighted by molar-refractivity contribution is 0.316. The van der Waals surface area contributed by atoms with E-state index in [4.69, 9.17) is 5.21 Å². The number of nitrogens with one attached hydrogen (secondary N) is 1. The molecule has 0 unspecified atom stereocenters. The standard InChI is InChI=1S/C12H11FN2O/c13-7-1-4-11-10(5-7)9-3-2-8(15-16)6-12(9)14-11/h1,4-5,14,16H,2-3,6H2/b15-8+. The largest absolute Gasteiger partial charge is 0.411 e. The van der Waals surface area contributed by atoms with Gasteiger partial charge >= 0.3 is 0 Å². The van der Waals surface area contributed by atoms with Crippen molar-refractivity contribution in [3.05, 3.63) is 35.3 Å². The molecule has 1 aromatic heterocycles. The van der Waals surface area contributed by atoms with Crippen LogP contribution in [0.1, 0.15) is 17.7 Å². The van der Waals surface area contributed by atoms with Gasteiger partial charge in [0.25, 0.3) is 0 Å². The van der Waals surface area contributed by atoms with Crippen LogP contribution in [0, 0.1) is 5.82 Å².